The molecule has 1 heterocycles. The fourth-order valence-corrected chi connectivity index (χ4v) is 1.63. The summed E-state index contributed by atoms with van der Waals surface area (Å²) in [5.74, 6) is 0. The minimum atomic E-state index is 0.584. The number of ether oxygens (including phenoxy) is 1. The average molecular weight is 210 g/mol. The van der Waals surface area contributed by atoms with Gasteiger partial charge in [0.15, 0.2) is 0 Å². The number of rotatable bonds is 3. The van der Waals surface area contributed by atoms with Gasteiger partial charge in [0, 0.05) is 17.8 Å². The fraction of sp³-hybridized carbons (Fsp3) is 0.273. The van der Waals surface area contributed by atoms with E-state index in [2.05, 4.69) is 6.07 Å². The van der Waals surface area contributed by atoms with Crippen LogP contribution in [0.2, 0.25) is 5.02 Å². The number of fused-ring (bicyclic) bond motifs is 1. The van der Waals surface area contributed by atoms with Gasteiger partial charge in [-0.15, -0.1) is 0 Å². The Morgan fingerprint density at radius 3 is 3.00 bits per heavy atom. The van der Waals surface area contributed by atoms with E-state index < -0.39 is 0 Å². The van der Waals surface area contributed by atoms with Crippen molar-refractivity contribution in [3.05, 3.63) is 35.5 Å². The molecule has 0 fully saturated rings. The van der Waals surface area contributed by atoms with E-state index in [1.165, 1.54) is 5.39 Å². The molecule has 0 aliphatic carbocycles. The summed E-state index contributed by atoms with van der Waals surface area (Å²) in [5.41, 5.74) is 1.12. The molecule has 2 aromatic rings. The van der Waals surface area contributed by atoms with Crippen molar-refractivity contribution in [2.45, 2.75) is 13.7 Å². The van der Waals surface area contributed by atoms with Crippen molar-refractivity contribution >= 4 is 22.5 Å². The Morgan fingerprint density at radius 2 is 2.21 bits per heavy atom. The lowest BCUT2D eigenvalue weighted by Gasteiger charge is -2.04. The van der Waals surface area contributed by atoms with Crippen LogP contribution in [-0.4, -0.2) is 11.2 Å². The van der Waals surface area contributed by atoms with Crippen LogP contribution >= 0.6 is 11.6 Å². The lowest BCUT2D eigenvalue weighted by Crippen LogP contribution is -2.00. The van der Waals surface area contributed by atoms with Crippen LogP contribution in [0, 0.1) is 0 Å². The van der Waals surface area contributed by atoms with E-state index in [-0.39, 0.29) is 0 Å². The first-order chi connectivity index (χ1) is 6.81. The SMILES string of the molecule is CCOCn1ccc2ccc(Cl)cc21. The lowest BCUT2D eigenvalue weighted by atomic mass is 10.2. The molecule has 2 nitrogen and oxygen atoms in total. The van der Waals surface area contributed by atoms with Gasteiger partial charge in [-0.05, 0) is 30.5 Å². The van der Waals surface area contributed by atoms with E-state index in [1.807, 2.05) is 35.9 Å². The first-order valence-electron chi connectivity index (χ1n) is 4.63. The zero-order valence-corrected chi connectivity index (χ0v) is 8.79. The summed E-state index contributed by atoms with van der Waals surface area (Å²) in [7, 11) is 0. The normalized spacial score (nSPS) is 11.0. The molecule has 1 aromatic heterocycles. The van der Waals surface area contributed by atoms with E-state index in [4.69, 9.17) is 16.3 Å². The van der Waals surface area contributed by atoms with E-state index in [0.717, 1.165) is 17.1 Å². The molecule has 0 saturated carbocycles. The summed E-state index contributed by atoms with van der Waals surface area (Å²) in [6.07, 6.45) is 2.01. The lowest BCUT2D eigenvalue weighted by molar-refractivity contribution is 0.0909. The van der Waals surface area contributed by atoms with E-state index >= 15 is 0 Å². The molecule has 1 aromatic carbocycles. The van der Waals surface area contributed by atoms with E-state index in [1.54, 1.807) is 0 Å². The van der Waals surface area contributed by atoms with Crippen LogP contribution in [0.25, 0.3) is 10.9 Å². The molecular formula is C11H12ClNO. The smallest absolute Gasteiger partial charge is 0.122 e. The van der Waals surface area contributed by atoms with Gasteiger partial charge in [-0.3, -0.25) is 0 Å². The minimum Gasteiger partial charge on any atom is -0.361 e. The maximum atomic E-state index is 5.93. The topological polar surface area (TPSA) is 14.2 Å². The molecule has 0 aliphatic heterocycles. The molecular weight excluding hydrogens is 198 g/mol. The number of halogens is 1. The molecule has 0 aliphatic rings. The van der Waals surface area contributed by atoms with Crippen molar-refractivity contribution < 1.29 is 4.74 Å². The van der Waals surface area contributed by atoms with Crippen molar-refractivity contribution in [3.63, 3.8) is 0 Å². The van der Waals surface area contributed by atoms with Crippen LogP contribution in [0.3, 0.4) is 0 Å². The minimum absolute atomic E-state index is 0.584. The predicted octanol–water partition coefficient (Wildman–Crippen LogP) is 3.29. The maximum absolute atomic E-state index is 5.93. The number of nitrogens with zero attached hydrogens (tertiary/aromatic N) is 1. The number of aromatic nitrogens is 1. The van der Waals surface area contributed by atoms with Crippen molar-refractivity contribution in [1.29, 1.82) is 0 Å². The summed E-state index contributed by atoms with van der Waals surface area (Å²) in [5, 5.41) is 1.95. The van der Waals surface area contributed by atoms with Crippen LogP contribution < -0.4 is 0 Å². The Labute approximate surface area is 88.0 Å². The molecule has 0 bridgehead atoms. The van der Waals surface area contributed by atoms with Gasteiger partial charge in [0.2, 0.25) is 0 Å². The first kappa shape index (κ1) is 9.56. The van der Waals surface area contributed by atoms with Gasteiger partial charge in [0.1, 0.15) is 6.73 Å². The van der Waals surface area contributed by atoms with E-state index in [9.17, 15) is 0 Å². The number of hydrogen-bond acceptors (Lipinski definition) is 1. The Kier molecular flexibility index (Phi) is 2.75. The highest BCUT2D eigenvalue weighted by atomic mass is 35.5. The van der Waals surface area contributed by atoms with Gasteiger partial charge in [-0.1, -0.05) is 17.7 Å². The van der Waals surface area contributed by atoms with Crippen LogP contribution in [0.15, 0.2) is 30.5 Å². The average Bonchev–Trinajstić information content (AvgIpc) is 2.57. The highest BCUT2D eigenvalue weighted by molar-refractivity contribution is 6.31. The third-order valence-electron chi connectivity index (χ3n) is 2.17. The molecule has 2 rings (SSSR count). The summed E-state index contributed by atoms with van der Waals surface area (Å²) in [6, 6.07) is 7.93. The van der Waals surface area contributed by atoms with Gasteiger partial charge in [0.25, 0.3) is 0 Å². The van der Waals surface area contributed by atoms with Gasteiger partial charge in [-0.25, -0.2) is 0 Å². The molecule has 0 spiro atoms. The molecule has 0 N–H and O–H groups in total. The van der Waals surface area contributed by atoms with Gasteiger partial charge >= 0.3 is 0 Å². The molecule has 3 heteroatoms. The molecule has 74 valence electrons. The van der Waals surface area contributed by atoms with Gasteiger partial charge in [-0.2, -0.15) is 0 Å². The van der Waals surface area contributed by atoms with Gasteiger partial charge < -0.3 is 9.30 Å². The monoisotopic (exact) mass is 209 g/mol. The van der Waals surface area contributed by atoms with Crippen molar-refractivity contribution in [3.8, 4) is 0 Å². The van der Waals surface area contributed by atoms with Crippen molar-refractivity contribution in [2.24, 2.45) is 0 Å². The Hall–Kier alpha value is -0.990. The van der Waals surface area contributed by atoms with Crippen LogP contribution in [0.5, 0.6) is 0 Å². The number of hydrogen-bond donors (Lipinski definition) is 0. The summed E-state index contributed by atoms with van der Waals surface area (Å²) in [4.78, 5) is 0. The molecule has 0 atom stereocenters. The molecule has 0 unspecified atom stereocenters. The van der Waals surface area contributed by atoms with Gasteiger partial charge in [0.05, 0.1) is 5.52 Å². The predicted molar refractivity (Wildman–Crippen MR) is 58.6 cm³/mol. The largest absolute Gasteiger partial charge is 0.361 e. The summed E-state index contributed by atoms with van der Waals surface area (Å²) >= 11 is 5.93. The second-order valence-electron chi connectivity index (χ2n) is 3.11. The summed E-state index contributed by atoms with van der Waals surface area (Å²) in [6.45, 7) is 3.29. The molecule has 14 heavy (non-hydrogen) atoms. The van der Waals surface area contributed by atoms with Crippen LogP contribution in [0.4, 0.5) is 0 Å². The highest BCUT2D eigenvalue weighted by Crippen LogP contribution is 2.20. The standard InChI is InChI=1S/C11H12ClNO/c1-2-14-8-13-6-5-9-3-4-10(12)7-11(9)13/h3-7H,2,8H2,1H3. The quantitative estimate of drug-likeness (QED) is 0.757. The highest BCUT2D eigenvalue weighted by Gasteiger charge is 2.00. The molecule has 0 amide bonds. The Bertz CT molecular complexity index is 436. The molecule has 0 saturated heterocycles. The Balaban J connectivity index is 2.40. The Morgan fingerprint density at radius 1 is 1.36 bits per heavy atom. The van der Waals surface area contributed by atoms with E-state index in [0.29, 0.717) is 6.73 Å². The van der Waals surface area contributed by atoms with Crippen molar-refractivity contribution in [2.75, 3.05) is 6.61 Å². The zero-order valence-electron chi connectivity index (χ0n) is 8.03. The third-order valence-corrected chi connectivity index (χ3v) is 2.41. The first-order valence-corrected chi connectivity index (χ1v) is 5.01. The number of benzene rings is 1. The molecule has 0 radical (unpaired) electrons. The fourth-order valence-electron chi connectivity index (χ4n) is 1.46. The maximum Gasteiger partial charge on any atom is 0.122 e. The second-order valence-corrected chi connectivity index (χ2v) is 3.55. The summed E-state index contributed by atoms with van der Waals surface area (Å²) < 4.78 is 7.39. The van der Waals surface area contributed by atoms with Crippen LogP contribution in [0.1, 0.15) is 6.92 Å². The van der Waals surface area contributed by atoms with Crippen LogP contribution in [-0.2, 0) is 11.5 Å². The zero-order chi connectivity index (χ0) is 9.97. The second kappa shape index (κ2) is 4.03. The van der Waals surface area contributed by atoms with Crippen molar-refractivity contribution in [1.82, 2.24) is 4.57 Å². The third kappa shape index (κ3) is 1.76.